The summed E-state index contributed by atoms with van der Waals surface area (Å²) in [4.78, 5) is 0. The number of hydrogen-bond acceptors (Lipinski definition) is 5. The molecule has 0 saturated heterocycles. The summed E-state index contributed by atoms with van der Waals surface area (Å²) in [7, 11) is 0.0766. The number of rotatable bonds is 13. The first-order valence-corrected chi connectivity index (χ1v) is 11.9. The van der Waals surface area contributed by atoms with Gasteiger partial charge in [-0.25, -0.2) is 0 Å². The van der Waals surface area contributed by atoms with Crippen molar-refractivity contribution in [2.45, 2.75) is 60.0 Å². The van der Waals surface area contributed by atoms with Crippen LogP contribution in [0.4, 0.5) is 0 Å². The highest BCUT2D eigenvalue weighted by Gasteiger charge is 2.25. The van der Waals surface area contributed by atoms with Crippen LogP contribution in [0.15, 0.2) is 35.4 Å². The smallest absolute Gasteiger partial charge is 0.335 e. The van der Waals surface area contributed by atoms with Gasteiger partial charge in [-0.3, -0.25) is 4.57 Å². The van der Waals surface area contributed by atoms with Crippen LogP contribution in [0.1, 0.15) is 58.6 Å². The lowest BCUT2D eigenvalue weighted by atomic mass is 10.0. The molecule has 0 fully saturated rings. The average molecular weight is 425 g/mol. The molecular formula is C23H37O5P. The maximum atomic E-state index is 12.9. The number of methoxy groups -OCH3 is 2. The third kappa shape index (κ3) is 8.77. The van der Waals surface area contributed by atoms with Gasteiger partial charge in [0.25, 0.3) is 0 Å². The van der Waals surface area contributed by atoms with Crippen LogP contribution in [0.2, 0.25) is 0 Å². The minimum absolute atomic E-state index is 0.180. The highest BCUT2D eigenvalue weighted by atomic mass is 31.2. The van der Waals surface area contributed by atoms with Gasteiger partial charge in [0.2, 0.25) is 0 Å². The van der Waals surface area contributed by atoms with Crippen LogP contribution in [0.5, 0.6) is 11.5 Å². The Morgan fingerprint density at radius 2 is 1.52 bits per heavy atom. The van der Waals surface area contributed by atoms with Crippen LogP contribution in [0.3, 0.4) is 0 Å². The Kier molecular flexibility index (Phi) is 11.3. The highest BCUT2D eigenvalue weighted by molar-refractivity contribution is 7.53. The Bertz CT molecular complexity index is 713. The third-order valence-corrected chi connectivity index (χ3v) is 6.50. The zero-order valence-corrected chi connectivity index (χ0v) is 19.9. The van der Waals surface area contributed by atoms with Crippen molar-refractivity contribution in [1.82, 2.24) is 0 Å². The molecule has 0 N–H and O–H groups in total. The lowest BCUT2D eigenvalue weighted by molar-refractivity contribution is 0.219. The van der Waals surface area contributed by atoms with E-state index in [1.165, 1.54) is 11.1 Å². The van der Waals surface area contributed by atoms with Gasteiger partial charge in [0, 0.05) is 5.56 Å². The fourth-order valence-electron chi connectivity index (χ4n) is 3.04. The summed E-state index contributed by atoms with van der Waals surface area (Å²) in [6.07, 6.45) is 7.43. The summed E-state index contributed by atoms with van der Waals surface area (Å²) in [6, 6.07) is 3.80. The first-order valence-electron chi connectivity index (χ1n) is 10.2. The lowest BCUT2D eigenvalue weighted by Gasteiger charge is -2.19. The first-order chi connectivity index (χ1) is 13.8. The number of allylic oxidation sites excluding steroid dienone is 4. The van der Waals surface area contributed by atoms with E-state index < -0.39 is 7.60 Å². The van der Waals surface area contributed by atoms with Gasteiger partial charge in [-0.15, -0.1) is 0 Å². The van der Waals surface area contributed by atoms with E-state index in [0.29, 0.717) is 31.1 Å². The molecule has 0 aliphatic rings. The van der Waals surface area contributed by atoms with Crippen molar-refractivity contribution in [2.75, 3.05) is 27.4 Å². The fourth-order valence-corrected chi connectivity index (χ4v) is 4.72. The molecule has 1 aromatic carbocycles. The molecule has 0 unspecified atom stereocenters. The van der Waals surface area contributed by atoms with Crippen molar-refractivity contribution >= 4 is 7.60 Å². The SMILES string of the molecule is CCOP(=O)(Cc1cc(OC)c(C/C=C(\C)CCC=C(C)C)c(OC)c1)OCC. The summed E-state index contributed by atoms with van der Waals surface area (Å²) < 4.78 is 35.0. The molecule has 0 atom stereocenters. The van der Waals surface area contributed by atoms with Gasteiger partial charge in [-0.05, 0) is 71.6 Å². The predicted molar refractivity (Wildman–Crippen MR) is 120 cm³/mol. The molecule has 0 aromatic heterocycles. The summed E-state index contributed by atoms with van der Waals surface area (Å²) >= 11 is 0. The maximum absolute atomic E-state index is 12.9. The van der Waals surface area contributed by atoms with E-state index in [0.717, 1.165) is 24.0 Å². The van der Waals surface area contributed by atoms with Crippen molar-refractivity contribution < 1.29 is 23.1 Å². The molecule has 0 saturated carbocycles. The average Bonchev–Trinajstić information content (AvgIpc) is 2.66. The van der Waals surface area contributed by atoms with Gasteiger partial charge in [-0.1, -0.05) is 23.3 Å². The third-order valence-electron chi connectivity index (χ3n) is 4.44. The van der Waals surface area contributed by atoms with Crippen molar-refractivity contribution in [3.63, 3.8) is 0 Å². The van der Waals surface area contributed by atoms with Gasteiger partial charge < -0.3 is 18.5 Å². The Morgan fingerprint density at radius 1 is 0.966 bits per heavy atom. The van der Waals surface area contributed by atoms with E-state index in [1.54, 1.807) is 14.2 Å². The van der Waals surface area contributed by atoms with E-state index in [1.807, 2.05) is 26.0 Å². The van der Waals surface area contributed by atoms with Crippen LogP contribution in [-0.2, 0) is 26.2 Å². The zero-order chi connectivity index (χ0) is 21.9. The minimum atomic E-state index is -3.20. The maximum Gasteiger partial charge on any atom is 0.335 e. The van der Waals surface area contributed by atoms with Gasteiger partial charge >= 0.3 is 7.60 Å². The van der Waals surface area contributed by atoms with E-state index >= 15 is 0 Å². The molecule has 0 spiro atoms. The van der Waals surface area contributed by atoms with Gasteiger partial charge in [0.05, 0.1) is 33.6 Å². The molecule has 0 heterocycles. The molecule has 0 bridgehead atoms. The van der Waals surface area contributed by atoms with Crippen LogP contribution in [0, 0.1) is 0 Å². The highest BCUT2D eigenvalue weighted by Crippen LogP contribution is 2.52. The summed E-state index contributed by atoms with van der Waals surface area (Å²) in [6.45, 7) is 10.7. The van der Waals surface area contributed by atoms with Crippen molar-refractivity contribution in [3.8, 4) is 11.5 Å². The molecule has 1 aromatic rings. The van der Waals surface area contributed by atoms with Gasteiger partial charge in [0.15, 0.2) is 0 Å². The molecule has 164 valence electrons. The Morgan fingerprint density at radius 3 is 1.97 bits per heavy atom. The molecule has 0 amide bonds. The second-order valence-electron chi connectivity index (χ2n) is 7.16. The summed E-state index contributed by atoms with van der Waals surface area (Å²) in [5.41, 5.74) is 4.45. The Labute approximate surface area is 176 Å². The summed E-state index contributed by atoms with van der Waals surface area (Å²) in [5, 5.41) is 0. The molecule has 0 aliphatic carbocycles. The van der Waals surface area contributed by atoms with Crippen LogP contribution >= 0.6 is 7.60 Å². The van der Waals surface area contributed by atoms with Crippen LogP contribution < -0.4 is 9.47 Å². The van der Waals surface area contributed by atoms with E-state index in [2.05, 4.69) is 32.9 Å². The van der Waals surface area contributed by atoms with E-state index in [-0.39, 0.29) is 6.16 Å². The van der Waals surface area contributed by atoms with Gasteiger partial charge in [0.1, 0.15) is 11.5 Å². The monoisotopic (exact) mass is 424 g/mol. The normalized spacial score (nSPS) is 12.0. The lowest BCUT2D eigenvalue weighted by Crippen LogP contribution is -2.02. The van der Waals surface area contributed by atoms with E-state index in [9.17, 15) is 4.57 Å². The summed E-state index contributed by atoms with van der Waals surface area (Å²) in [5.74, 6) is 1.43. The molecule has 5 nitrogen and oxygen atoms in total. The number of benzene rings is 1. The molecule has 0 aliphatic heterocycles. The van der Waals surface area contributed by atoms with Crippen molar-refractivity contribution in [2.24, 2.45) is 0 Å². The molecule has 29 heavy (non-hydrogen) atoms. The number of ether oxygens (including phenoxy) is 2. The van der Waals surface area contributed by atoms with Crippen LogP contribution in [-0.4, -0.2) is 27.4 Å². The van der Waals surface area contributed by atoms with Crippen molar-refractivity contribution in [3.05, 3.63) is 46.6 Å². The van der Waals surface area contributed by atoms with Crippen molar-refractivity contribution in [1.29, 1.82) is 0 Å². The molecule has 1 rings (SSSR count). The second-order valence-corrected chi connectivity index (χ2v) is 9.21. The fraction of sp³-hybridized carbons (Fsp3) is 0.565. The molecule has 6 heteroatoms. The zero-order valence-electron chi connectivity index (χ0n) is 19.0. The first kappa shape index (κ1) is 25.5. The Hall–Kier alpha value is -1.55. The molecule has 0 radical (unpaired) electrons. The van der Waals surface area contributed by atoms with Crippen LogP contribution in [0.25, 0.3) is 0 Å². The Balaban J connectivity index is 3.09. The number of hydrogen-bond donors (Lipinski definition) is 0. The largest absolute Gasteiger partial charge is 0.496 e. The quantitative estimate of drug-likeness (QED) is 0.260. The standard InChI is InChI=1S/C23H37O5P/c1-8-27-29(24,28-9-2)17-20-15-22(25-6)21(23(16-20)26-7)14-13-19(5)12-10-11-18(3)4/h11,13,15-16H,8-10,12,14,17H2,1-7H3/b19-13+. The minimum Gasteiger partial charge on any atom is -0.496 e. The molecular weight excluding hydrogens is 387 g/mol. The topological polar surface area (TPSA) is 54.0 Å². The van der Waals surface area contributed by atoms with Gasteiger partial charge in [-0.2, -0.15) is 0 Å². The van der Waals surface area contributed by atoms with E-state index in [4.69, 9.17) is 18.5 Å². The second kappa shape index (κ2) is 12.9. The predicted octanol–water partition coefficient (Wildman–Crippen LogP) is 6.71.